The zero-order valence-corrected chi connectivity index (χ0v) is 26.1. The molecular weight excluding hydrogens is 612 g/mol. The van der Waals surface area contributed by atoms with Crippen LogP contribution < -0.4 is 15.4 Å². The number of alkyl halides is 4. The van der Waals surface area contributed by atoms with Crippen molar-refractivity contribution in [3.8, 4) is 22.2 Å². The summed E-state index contributed by atoms with van der Waals surface area (Å²) in [7, 11) is 0. The quantitative estimate of drug-likeness (QED) is 0.186. The topological polar surface area (TPSA) is 102 Å². The molecule has 9 nitrogen and oxygen atoms in total. The molecule has 14 heteroatoms. The van der Waals surface area contributed by atoms with Crippen LogP contribution >= 0.6 is 11.3 Å². The van der Waals surface area contributed by atoms with Crippen molar-refractivity contribution in [2.75, 3.05) is 30.3 Å². The largest absolute Gasteiger partial charge is 0.444 e. The zero-order chi connectivity index (χ0) is 32.4. The number of halogens is 4. The summed E-state index contributed by atoms with van der Waals surface area (Å²) >= 11 is 1.37. The number of piperidine rings is 1. The fourth-order valence-electron chi connectivity index (χ4n) is 4.95. The number of aryl methyl sites for hydroxylation is 1. The highest BCUT2D eigenvalue weighted by atomic mass is 32.1. The van der Waals surface area contributed by atoms with Gasteiger partial charge in [0.15, 0.2) is 0 Å². The van der Waals surface area contributed by atoms with E-state index >= 15 is 0 Å². The highest BCUT2D eigenvalue weighted by Crippen LogP contribution is 2.40. The molecule has 2 atom stereocenters. The lowest BCUT2D eigenvalue weighted by atomic mass is 10.0. The van der Waals surface area contributed by atoms with Gasteiger partial charge in [0.05, 0.1) is 23.7 Å². The van der Waals surface area contributed by atoms with Gasteiger partial charge in [-0.15, -0.1) is 11.3 Å². The molecule has 0 bridgehead atoms. The number of nitrogens with zero attached hydrogens (tertiary/aromatic N) is 4. The number of carbonyl (C=O) groups is 1. The van der Waals surface area contributed by atoms with Crippen LogP contribution in [0.4, 0.5) is 34.0 Å². The molecule has 1 amide bonds. The monoisotopic (exact) mass is 646 g/mol. The van der Waals surface area contributed by atoms with Crippen molar-refractivity contribution >= 4 is 39.8 Å². The molecule has 45 heavy (non-hydrogen) atoms. The average molecular weight is 647 g/mol. The smallest absolute Gasteiger partial charge is 0.410 e. The molecule has 0 radical (unpaired) electrons. The summed E-state index contributed by atoms with van der Waals surface area (Å²) < 4.78 is 64.4. The highest BCUT2D eigenvalue weighted by molar-refractivity contribution is 7.15. The predicted molar refractivity (Wildman–Crippen MR) is 166 cm³/mol. The second-order valence-electron chi connectivity index (χ2n) is 11.7. The van der Waals surface area contributed by atoms with Crippen LogP contribution in [0.15, 0.2) is 48.7 Å². The van der Waals surface area contributed by atoms with Gasteiger partial charge in [0.1, 0.15) is 22.4 Å². The lowest BCUT2D eigenvalue weighted by Gasteiger charge is -2.36. The third-order valence-corrected chi connectivity index (χ3v) is 7.76. The number of rotatable bonds is 8. The van der Waals surface area contributed by atoms with Gasteiger partial charge >= 0.3 is 12.3 Å². The minimum atomic E-state index is -4.26. The van der Waals surface area contributed by atoms with Gasteiger partial charge < -0.3 is 25.0 Å². The Hall–Kier alpha value is -4.20. The first-order valence-corrected chi connectivity index (χ1v) is 15.3. The number of anilines is 2. The summed E-state index contributed by atoms with van der Waals surface area (Å²) in [5.41, 5.74) is 0.390. The standard InChI is InChI=1S/C31H34F4N6O3S/c1-18-38-27(43-25-10-9-23(36-14-12-31(33,34)35)21-7-5-6-8-22(21)25)26(45-18)24-11-13-37-28(40-24)39-20-15-19(32)16-41(17-20)29(42)44-30(2,3)4/h5-11,13,19-20,36H,12,14-17H2,1-4H3,(H,37,39,40)/t19-,20-/m0/s1. The predicted octanol–water partition coefficient (Wildman–Crippen LogP) is 7.98. The fraction of sp³-hybridized carbons (Fsp3) is 0.419. The van der Waals surface area contributed by atoms with E-state index in [0.29, 0.717) is 38.7 Å². The SMILES string of the molecule is Cc1nc(Oc2ccc(NCCC(F)(F)F)c3ccccc23)c(-c2ccnc(N[C@H]3C[C@H](F)CN(C(=O)OC(C)(C)C)C3)n2)s1. The number of hydrogen-bond donors (Lipinski definition) is 2. The minimum Gasteiger partial charge on any atom is -0.444 e. The Bertz CT molecular complexity index is 1660. The molecule has 3 heterocycles. The second kappa shape index (κ2) is 13.0. The second-order valence-corrected chi connectivity index (χ2v) is 12.9. The third kappa shape index (κ3) is 8.50. The number of hydrogen-bond acceptors (Lipinski definition) is 9. The Morgan fingerprint density at radius 3 is 2.56 bits per heavy atom. The van der Waals surface area contributed by atoms with Crippen molar-refractivity contribution < 1.29 is 31.8 Å². The molecule has 1 saturated heterocycles. The fourth-order valence-corrected chi connectivity index (χ4v) is 5.77. The van der Waals surface area contributed by atoms with Crippen LogP contribution in [0.25, 0.3) is 21.3 Å². The maximum Gasteiger partial charge on any atom is 0.410 e. The zero-order valence-electron chi connectivity index (χ0n) is 25.2. The molecule has 0 spiro atoms. The van der Waals surface area contributed by atoms with Gasteiger partial charge in [-0.25, -0.2) is 24.1 Å². The van der Waals surface area contributed by atoms with E-state index in [1.54, 1.807) is 51.2 Å². The summed E-state index contributed by atoms with van der Waals surface area (Å²) in [5.74, 6) is 1.04. The van der Waals surface area contributed by atoms with Crippen LogP contribution in [0.5, 0.6) is 11.6 Å². The van der Waals surface area contributed by atoms with Crippen molar-refractivity contribution in [3.63, 3.8) is 0 Å². The van der Waals surface area contributed by atoms with Crippen molar-refractivity contribution in [2.24, 2.45) is 0 Å². The molecule has 5 rings (SSSR count). The number of carbonyl (C=O) groups excluding carboxylic acids is 1. The van der Waals surface area contributed by atoms with E-state index in [0.717, 1.165) is 5.01 Å². The molecular formula is C31H34F4N6O3S. The molecule has 0 unspecified atom stereocenters. The molecule has 0 aliphatic carbocycles. The number of nitrogens with one attached hydrogen (secondary N) is 2. The first-order valence-electron chi connectivity index (χ1n) is 14.4. The van der Waals surface area contributed by atoms with Crippen molar-refractivity contribution in [1.82, 2.24) is 19.9 Å². The van der Waals surface area contributed by atoms with E-state index in [4.69, 9.17) is 9.47 Å². The highest BCUT2D eigenvalue weighted by Gasteiger charge is 2.33. The molecule has 1 aliphatic rings. The number of amides is 1. The Balaban J connectivity index is 1.35. The Morgan fingerprint density at radius 2 is 1.82 bits per heavy atom. The number of aromatic nitrogens is 3. The number of fused-ring (bicyclic) bond motifs is 1. The van der Waals surface area contributed by atoms with E-state index in [1.165, 1.54) is 16.2 Å². The number of thiazole rings is 1. The van der Waals surface area contributed by atoms with Crippen molar-refractivity contribution in [1.29, 1.82) is 0 Å². The number of benzene rings is 2. The van der Waals surface area contributed by atoms with E-state index in [1.807, 2.05) is 25.1 Å². The van der Waals surface area contributed by atoms with Gasteiger partial charge in [-0.3, -0.25) is 0 Å². The summed E-state index contributed by atoms with van der Waals surface area (Å²) in [5, 5.41) is 8.16. The first kappa shape index (κ1) is 32.2. The van der Waals surface area contributed by atoms with Gasteiger partial charge in [0, 0.05) is 48.2 Å². The maximum absolute atomic E-state index is 14.6. The number of likely N-dealkylation sites (tertiary alicyclic amines) is 1. The van der Waals surface area contributed by atoms with Gasteiger partial charge in [-0.05, 0) is 45.9 Å². The summed E-state index contributed by atoms with van der Waals surface area (Å²) in [4.78, 5) is 28.1. The van der Waals surface area contributed by atoms with Crippen LogP contribution in [0.2, 0.25) is 0 Å². The summed E-state index contributed by atoms with van der Waals surface area (Å²) in [6.07, 6.45) is -5.28. The van der Waals surface area contributed by atoms with Crippen LogP contribution in [0, 0.1) is 6.92 Å². The van der Waals surface area contributed by atoms with Crippen LogP contribution in [-0.2, 0) is 4.74 Å². The molecule has 240 valence electrons. The van der Waals surface area contributed by atoms with E-state index in [-0.39, 0.29) is 32.0 Å². The Morgan fingerprint density at radius 1 is 1.07 bits per heavy atom. The Kier molecular flexibility index (Phi) is 9.33. The van der Waals surface area contributed by atoms with E-state index in [2.05, 4.69) is 25.6 Å². The summed E-state index contributed by atoms with van der Waals surface area (Å²) in [6.45, 7) is 7.04. The van der Waals surface area contributed by atoms with Crippen LogP contribution in [-0.4, -0.2) is 69.6 Å². The Labute approximate surface area is 262 Å². The lowest BCUT2D eigenvalue weighted by Crippen LogP contribution is -2.51. The van der Waals surface area contributed by atoms with Gasteiger partial charge in [0.2, 0.25) is 11.8 Å². The van der Waals surface area contributed by atoms with Crippen molar-refractivity contribution in [3.05, 3.63) is 53.7 Å². The first-order chi connectivity index (χ1) is 21.2. The lowest BCUT2D eigenvalue weighted by molar-refractivity contribution is -0.131. The molecule has 0 saturated carbocycles. The number of ether oxygens (including phenoxy) is 2. The molecule has 4 aromatic rings. The minimum absolute atomic E-state index is 0.0475. The van der Waals surface area contributed by atoms with Crippen molar-refractivity contribution in [2.45, 2.75) is 64.5 Å². The van der Waals surface area contributed by atoms with Gasteiger partial charge in [-0.2, -0.15) is 13.2 Å². The maximum atomic E-state index is 14.6. The van der Waals surface area contributed by atoms with Gasteiger partial charge in [-0.1, -0.05) is 24.3 Å². The molecule has 2 N–H and O–H groups in total. The van der Waals surface area contributed by atoms with Crippen LogP contribution in [0.3, 0.4) is 0 Å². The molecule has 1 aliphatic heterocycles. The van der Waals surface area contributed by atoms with E-state index < -0.39 is 36.5 Å². The molecule has 2 aromatic heterocycles. The summed E-state index contributed by atoms with van der Waals surface area (Å²) in [6, 6.07) is 11.9. The normalized spacial score (nSPS) is 17.3. The molecule has 2 aromatic carbocycles. The average Bonchev–Trinajstić information content (AvgIpc) is 3.32. The van der Waals surface area contributed by atoms with E-state index in [9.17, 15) is 22.4 Å². The van der Waals surface area contributed by atoms with Crippen LogP contribution in [0.1, 0.15) is 38.6 Å². The van der Waals surface area contributed by atoms with Gasteiger partial charge in [0.25, 0.3) is 0 Å². The molecule has 1 fully saturated rings. The third-order valence-electron chi connectivity index (χ3n) is 6.79.